The number of benzene rings is 1. The molecule has 1 N–H and O–H groups in total. The van der Waals surface area contributed by atoms with Gasteiger partial charge >= 0.3 is 0 Å². The van der Waals surface area contributed by atoms with Gasteiger partial charge in [-0.25, -0.2) is 0 Å². The molecule has 20 heavy (non-hydrogen) atoms. The first-order valence-corrected chi connectivity index (χ1v) is 7.46. The zero-order chi connectivity index (χ0) is 14.1. The number of amides is 1. The molecule has 1 aromatic carbocycles. The summed E-state index contributed by atoms with van der Waals surface area (Å²) in [4.78, 5) is 12.4. The molecule has 3 rings (SSSR count). The number of furan rings is 1. The highest BCUT2D eigenvalue weighted by Crippen LogP contribution is 2.27. The molecule has 2 aromatic rings. The molecule has 1 heterocycles. The number of para-hydroxylation sites is 1. The summed E-state index contributed by atoms with van der Waals surface area (Å²) >= 11 is 0. The minimum atomic E-state index is -0.0718. The second-order valence-electron chi connectivity index (χ2n) is 5.89. The van der Waals surface area contributed by atoms with Gasteiger partial charge in [-0.3, -0.25) is 4.79 Å². The Hall–Kier alpha value is -1.77. The number of hydrogen-bond acceptors (Lipinski definition) is 2. The van der Waals surface area contributed by atoms with E-state index >= 15 is 0 Å². The summed E-state index contributed by atoms with van der Waals surface area (Å²) < 4.78 is 5.73. The van der Waals surface area contributed by atoms with Crippen molar-refractivity contribution >= 4 is 16.9 Å². The van der Waals surface area contributed by atoms with Crippen LogP contribution in [0.1, 0.15) is 48.7 Å². The Bertz CT molecular complexity index is 629. The second-order valence-corrected chi connectivity index (χ2v) is 5.89. The summed E-state index contributed by atoms with van der Waals surface area (Å²) in [6.07, 6.45) is 4.75. The monoisotopic (exact) mass is 271 g/mol. The molecule has 0 radical (unpaired) electrons. The van der Waals surface area contributed by atoms with E-state index in [0.717, 1.165) is 23.0 Å². The van der Waals surface area contributed by atoms with Gasteiger partial charge in [0, 0.05) is 17.0 Å². The van der Waals surface area contributed by atoms with E-state index in [0.29, 0.717) is 11.7 Å². The number of carbonyl (C=O) groups excluding carboxylic acids is 1. The van der Waals surface area contributed by atoms with Crippen molar-refractivity contribution < 1.29 is 9.21 Å². The van der Waals surface area contributed by atoms with E-state index in [1.165, 1.54) is 19.3 Å². The lowest BCUT2D eigenvalue weighted by Crippen LogP contribution is -2.41. The molecule has 2 atom stereocenters. The second kappa shape index (κ2) is 5.31. The van der Waals surface area contributed by atoms with Crippen LogP contribution in [0.5, 0.6) is 0 Å². The first-order chi connectivity index (χ1) is 9.66. The Morgan fingerprint density at radius 2 is 2.00 bits per heavy atom. The smallest absolute Gasteiger partial charge is 0.287 e. The zero-order valence-electron chi connectivity index (χ0n) is 12.1. The summed E-state index contributed by atoms with van der Waals surface area (Å²) in [5.74, 6) is 0.943. The molecule has 0 unspecified atom stereocenters. The van der Waals surface area contributed by atoms with Gasteiger partial charge in [0.2, 0.25) is 0 Å². The number of nitrogens with one attached hydrogen (secondary N) is 1. The minimum Gasteiger partial charge on any atom is -0.451 e. The van der Waals surface area contributed by atoms with Crippen molar-refractivity contribution in [1.82, 2.24) is 5.32 Å². The largest absolute Gasteiger partial charge is 0.451 e. The molecule has 0 aliphatic heterocycles. The van der Waals surface area contributed by atoms with Gasteiger partial charge in [-0.1, -0.05) is 38.0 Å². The highest BCUT2D eigenvalue weighted by molar-refractivity contribution is 5.99. The van der Waals surface area contributed by atoms with Gasteiger partial charge in [0.05, 0.1) is 0 Å². The Labute approximate surface area is 119 Å². The van der Waals surface area contributed by atoms with E-state index in [9.17, 15) is 4.79 Å². The molecule has 1 aliphatic rings. The third-order valence-corrected chi connectivity index (χ3v) is 4.48. The lowest BCUT2D eigenvalue weighted by molar-refractivity contribution is 0.0883. The van der Waals surface area contributed by atoms with E-state index < -0.39 is 0 Å². The Kier molecular flexibility index (Phi) is 3.51. The highest BCUT2D eigenvalue weighted by atomic mass is 16.3. The predicted octanol–water partition coefficient (Wildman–Crippen LogP) is 4.05. The fraction of sp³-hybridized carbons (Fsp3) is 0.471. The SMILES string of the molecule is Cc1c(C(=O)N[C@@H]2CCCC[C@@H]2C)oc2ccccc12. The maximum atomic E-state index is 12.4. The summed E-state index contributed by atoms with van der Waals surface area (Å²) in [7, 11) is 0. The fourth-order valence-electron chi connectivity index (χ4n) is 3.16. The fourth-order valence-corrected chi connectivity index (χ4v) is 3.16. The third-order valence-electron chi connectivity index (χ3n) is 4.48. The van der Waals surface area contributed by atoms with Gasteiger partial charge in [-0.05, 0) is 31.7 Å². The highest BCUT2D eigenvalue weighted by Gasteiger charge is 2.25. The lowest BCUT2D eigenvalue weighted by atomic mass is 9.86. The van der Waals surface area contributed by atoms with E-state index in [4.69, 9.17) is 4.42 Å². The lowest BCUT2D eigenvalue weighted by Gasteiger charge is -2.29. The van der Waals surface area contributed by atoms with Crippen LogP contribution in [0.4, 0.5) is 0 Å². The van der Waals surface area contributed by atoms with Crippen LogP contribution >= 0.6 is 0 Å². The van der Waals surface area contributed by atoms with Crippen LogP contribution in [-0.4, -0.2) is 11.9 Å². The van der Waals surface area contributed by atoms with Gasteiger partial charge in [0.15, 0.2) is 5.76 Å². The average Bonchev–Trinajstić information content (AvgIpc) is 2.79. The first kappa shape index (κ1) is 13.2. The molecule has 1 saturated carbocycles. The molecule has 106 valence electrons. The number of aryl methyl sites for hydroxylation is 1. The van der Waals surface area contributed by atoms with Crippen LogP contribution in [0.3, 0.4) is 0 Å². The van der Waals surface area contributed by atoms with Crippen LogP contribution in [0.2, 0.25) is 0 Å². The number of rotatable bonds is 2. The molecule has 0 spiro atoms. The van der Waals surface area contributed by atoms with Gasteiger partial charge in [0.25, 0.3) is 5.91 Å². The molecule has 1 fully saturated rings. The maximum absolute atomic E-state index is 12.4. The molecular formula is C17H21NO2. The average molecular weight is 271 g/mol. The Morgan fingerprint density at radius 3 is 2.75 bits per heavy atom. The molecule has 1 aromatic heterocycles. The zero-order valence-corrected chi connectivity index (χ0v) is 12.1. The van der Waals surface area contributed by atoms with Gasteiger partial charge < -0.3 is 9.73 Å². The molecule has 1 amide bonds. The molecular weight excluding hydrogens is 250 g/mol. The number of fused-ring (bicyclic) bond motifs is 1. The molecule has 1 aliphatic carbocycles. The van der Waals surface area contributed by atoms with Crippen LogP contribution < -0.4 is 5.32 Å². The minimum absolute atomic E-state index is 0.0718. The molecule has 0 saturated heterocycles. The summed E-state index contributed by atoms with van der Waals surface area (Å²) in [5.41, 5.74) is 1.72. The van der Waals surface area contributed by atoms with E-state index in [1.54, 1.807) is 0 Å². The topological polar surface area (TPSA) is 42.2 Å². The van der Waals surface area contributed by atoms with Crippen molar-refractivity contribution in [3.8, 4) is 0 Å². The Balaban J connectivity index is 1.83. The molecule has 0 bridgehead atoms. The van der Waals surface area contributed by atoms with Crippen molar-refractivity contribution in [3.05, 3.63) is 35.6 Å². The van der Waals surface area contributed by atoms with Crippen LogP contribution in [0.15, 0.2) is 28.7 Å². The van der Waals surface area contributed by atoms with E-state index in [2.05, 4.69) is 12.2 Å². The third kappa shape index (κ3) is 2.33. The van der Waals surface area contributed by atoms with Crippen molar-refractivity contribution in [3.63, 3.8) is 0 Å². The van der Waals surface area contributed by atoms with E-state index in [1.807, 2.05) is 31.2 Å². The van der Waals surface area contributed by atoms with Gasteiger partial charge in [0.1, 0.15) is 5.58 Å². The molecule has 3 heteroatoms. The van der Waals surface area contributed by atoms with Gasteiger partial charge in [-0.15, -0.1) is 0 Å². The van der Waals surface area contributed by atoms with Crippen LogP contribution in [0, 0.1) is 12.8 Å². The first-order valence-electron chi connectivity index (χ1n) is 7.46. The van der Waals surface area contributed by atoms with E-state index in [-0.39, 0.29) is 11.9 Å². The normalized spacial score (nSPS) is 22.9. The summed E-state index contributed by atoms with van der Waals surface area (Å²) in [6.45, 7) is 4.17. The van der Waals surface area contributed by atoms with Gasteiger partial charge in [-0.2, -0.15) is 0 Å². The predicted molar refractivity (Wildman–Crippen MR) is 79.8 cm³/mol. The van der Waals surface area contributed by atoms with Crippen molar-refractivity contribution in [2.45, 2.75) is 45.6 Å². The van der Waals surface area contributed by atoms with Crippen molar-refractivity contribution in [1.29, 1.82) is 0 Å². The summed E-state index contributed by atoms with van der Waals surface area (Å²) in [5, 5.41) is 4.18. The van der Waals surface area contributed by atoms with Crippen LogP contribution in [0.25, 0.3) is 11.0 Å². The number of carbonyl (C=O) groups is 1. The maximum Gasteiger partial charge on any atom is 0.287 e. The summed E-state index contributed by atoms with van der Waals surface area (Å²) in [6, 6.07) is 8.08. The van der Waals surface area contributed by atoms with Crippen molar-refractivity contribution in [2.24, 2.45) is 5.92 Å². The number of hydrogen-bond donors (Lipinski definition) is 1. The quantitative estimate of drug-likeness (QED) is 0.895. The standard InChI is InChI=1S/C17H21NO2/c1-11-7-3-5-9-14(11)18-17(19)16-12(2)13-8-4-6-10-15(13)20-16/h4,6,8,10-11,14H,3,5,7,9H2,1-2H3,(H,18,19)/t11-,14+/m0/s1. The van der Waals surface area contributed by atoms with Crippen molar-refractivity contribution in [2.75, 3.05) is 0 Å². The Morgan fingerprint density at radius 1 is 1.25 bits per heavy atom. The van der Waals surface area contributed by atoms with Crippen LogP contribution in [-0.2, 0) is 0 Å². The molecule has 3 nitrogen and oxygen atoms in total.